The third-order valence-electron chi connectivity index (χ3n) is 16.2. The Balaban J connectivity index is 0.000000198. The number of hydrogen-bond acceptors (Lipinski definition) is 0. The van der Waals surface area contributed by atoms with Gasteiger partial charge in [-0.1, -0.05) is 108 Å². The Labute approximate surface area is 319 Å². The molecule has 6 rings (SSSR count). The maximum Gasteiger partial charge on any atom is -0.0233 e. The molecule has 0 saturated heterocycles. The van der Waals surface area contributed by atoms with E-state index in [9.17, 15) is 0 Å². The van der Waals surface area contributed by atoms with Crippen LogP contribution in [0.25, 0.3) is 0 Å². The summed E-state index contributed by atoms with van der Waals surface area (Å²) in [5, 5.41) is 0. The van der Waals surface area contributed by atoms with E-state index in [4.69, 9.17) is 0 Å². The largest absolute Gasteiger partial charge is 0.103 e. The summed E-state index contributed by atoms with van der Waals surface area (Å²) < 4.78 is 0. The van der Waals surface area contributed by atoms with Crippen molar-refractivity contribution in [1.82, 2.24) is 0 Å². The van der Waals surface area contributed by atoms with Gasteiger partial charge in [-0.25, -0.2) is 0 Å². The van der Waals surface area contributed by atoms with Crippen LogP contribution in [0.15, 0.2) is 49.6 Å². The second kappa shape index (κ2) is 23.0. The van der Waals surface area contributed by atoms with E-state index in [1.165, 1.54) is 148 Å². The van der Waals surface area contributed by atoms with Crippen molar-refractivity contribution >= 4 is 0 Å². The van der Waals surface area contributed by atoms with E-state index in [1.54, 1.807) is 38.5 Å². The molecule has 6 aliphatic carbocycles. The lowest BCUT2D eigenvalue weighted by Crippen LogP contribution is -2.25. The molecule has 6 fully saturated rings. The molecule has 0 aromatic carbocycles. The van der Waals surface area contributed by atoms with Gasteiger partial charge in [-0.2, -0.15) is 0 Å². The summed E-state index contributed by atoms with van der Waals surface area (Å²) >= 11 is 0. The summed E-state index contributed by atoms with van der Waals surface area (Å²) in [6.45, 7) is 12.8. The summed E-state index contributed by atoms with van der Waals surface area (Å²) in [7, 11) is 0. The molecule has 6 aliphatic rings. The van der Waals surface area contributed by atoms with Crippen LogP contribution in [0.4, 0.5) is 0 Å². The van der Waals surface area contributed by atoms with E-state index in [0.717, 1.165) is 71.0 Å². The Bertz CT molecular complexity index is 967. The highest BCUT2D eigenvalue weighted by Gasteiger charge is 2.31. The Morgan fingerprint density at radius 2 is 0.706 bits per heavy atom. The van der Waals surface area contributed by atoms with Gasteiger partial charge in [-0.15, -0.1) is 13.2 Å². The molecule has 0 N–H and O–H groups in total. The molecule has 0 bridgehead atoms. The molecule has 0 heterocycles. The maximum atomic E-state index is 3.96. The lowest BCUT2D eigenvalue weighted by atomic mass is 9.68. The average molecular weight is 699 g/mol. The molecule has 0 unspecified atom stereocenters. The Hall–Kier alpha value is -1.04. The van der Waals surface area contributed by atoms with Crippen LogP contribution in [-0.4, -0.2) is 0 Å². The molecule has 0 aromatic heterocycles. The first-order valence-electron chi connectivity index (χ1n) is 23.6. The number of rotatable bonds is 13. The van der Waals surface area contributed by atoms with Gasteiger partial charge in [0.1, 0.15) is 0 Å². The molecule has 0 radical (unpaired) electrons. The van der Waals surface area contributed by atoms with Gasteiger partial charge in [0.15, 0.2) is 0 Å². The van der Waals surface area contributed by atoms with Crippen LogP contribution in [0.3, 0.4) is 0 Å². The molecule has 51 heavy (non-hydrogen) atoms. The third-order valence-corrected chi connectivity index (χ3v) is 16.2. The topological polar surface area (TPSA) is 0 Å². The van der Waals surface area contributed by atoms with Crippen LogP contribution in [0.2, 0.25) is 0 Å². The van der Waals surface area contributed by atoms with E-state index in [2.05, 4.69) is 63.5 Å². The monoisotopic (exact) mass is 699 g/mol. The van der Waals surface area contributed by atoms with Gasteiger partial charge in [0, 0.05) is 0 Å². The van der Waals surface area contributed by atoms with Gasteiger partial charge >= 0.3 is 0 Å². The fourth-order valence-electron chi connectivity index (χ4n) is 12.1. The first-order valence-corrected chi connectivity index (χ1v) is 23.6. The van der Waals surface area contributed by atoms with Crippen molar-refractivity contribution in [2.75, 3.05) is 0 Å². The maximum absolute atomic E-state index is 3.96. The molecular weight excluding hydrogens is 613 g/mol. The van der Waals surface area contributed by atoms with Crippen molar-refractivity contribution in [3.8, 4) is 0 Å². The number of allylic oxidation sites excluding steroid dienone is 6. The highest BCUT2D eigenvalue weighted by atomic mass is 14.4. The summed E-state index contributed by atoms with van der Waals surface area (Å²) in [6.07, 6.45) is 57.0. The SMILES string of the molecule is C=CC1CCC(C=CCCC2CCC(C3CCC(C)CC3)CC2)CC1.C=CC1CCC(C=CCCC2CCC(C3CCC(CC)CC3)CC2)CC1. The molecule has 0 nitrogen and oxygen atoms in total. The number of hydrogen-bond donors (Lipinski definition) is 0. The van der Waals surface area contributed by atoms with Gasteiger partial charge < -0.3 is 0 Å². The minimum absolute atomic E-state index is 0.798. The molecule has 0 aromatic rings. The predicted molar refractivity (Wildman–Crippen MR) is 226 cm³/mol. The summed E-state index contributed by atoms with van der Waals surface area (Å²) in [5.74, 6) is 11.8. The molecule has 290 valence electrons. The second-order valence-electron chi connectivity index (χ2n) is 19.6. The highest BCUT2D eigenvalue weighted by molar-refractivity contribution is 4.96. The molecular formula is C51H86. The van der Waals surface area contributed by atoms with Crippen molar-refractivity contribution < 1.29 is 0 Å². The first kappa shape index (κ1) is 41.1. The van der Waals surface area contributed by atoms with Crippen molar-refractivity contribution in [2.45, 2.75) is 200 Å². The zero-order valence-electron chi connectivity index (χ0n) is 34.3. The smallest absolute Gasteiger partial charge is 0.0233 e. The Morgan fingerprint density at radius 1 is 0.392 bits per heavy atom. The molecule has 0 heteroatoms. The zero-order chi connectivity index (χ0) is 35.7. The zero-order valence-corrected chi connectivity index (χ0v) is 34.3. The van der Waals surface area contributed by atoms with Crippen molar-refractivity contribution in [2.24, 2.45) is 71.0 Å². The van der Waals surface area contributed by atoms with Gasteiger partial charge in [0.05, 0.1) is 0 Å². The molecule has 0 atom stereocenters. The minimum atomic E-state index is 0.798. The molecule has 6 saturated carbocycles. The summed E-state index contributed by atoms with van der Waals surface area (Å²) in [6, 6.07) is 0. The van der Waals surface area contributed by atoms with Gasteiger partial charge in [-0.3, -0.25) is 0 Å². The van der Waals surface area contributed by atoms with Gasteiger partial charge in [-0.05, 0) is 199 Å². The summed E-state index contributed by atoms with van der Waals surface area (Å²) in [4.78, 5) is 0. The van der Waals surface area contributed by atoms with E-state index < -0.39 is 0 Å². The first-order chi connectivity index (χ1) is 25.0. The van der Waals surface area contributed by atoms with Crippen LogP contribution in [0.1, 0.15) is 200 Å². The van der Waals surface area contributed by atoms with E-state index >= 15 is 0 Å². The Morgan fingerprint density at radius 3 is 1.04 bits per heavy atom. The molecule has 0 amide bonds. The Kier molecular flexibility index (Phi) is 18.6. The van der Waals surface area contributed by atoms with Crippen LogP contribution < -0.4 is 0 Å². The van der Waals surface area contributed by atoms with Crippen LogP contribution in [-0.2, 0) is 0 Å². The third kappa shape index (κ3) is 14.3. The van der Waals surface area contributed by atoms with Crippen LogP contribution in [0, 0.1) is 71.0 Å². The van der Waals surface area contributed by atoms with E-state index in [0.29, 0.717) is 0 Å². The predicted octanol–water partition coefficient (Wildman–Crippen LogP) is 16.3. The second-order valence-corrected chi connectivity index (χ2v) is 19.6. The highest BCUT2D eigenvalue weighted by Crippen LogP contribution is 2.44. The molecule has 0 aliphatic heterocycles. The normalized spacial score (nSPS) is 39.6. The van der Waals surface area contributed by atoms with Crippen LogP contribution >= 0.6 is 0 Å². The lowest BCUT2D eigenvalue weighted by Gasteiger charge is -2.37. The summed E-state index contributed by atoms with van der Waals surface area (Å²) in [5.41, 5.74) is 0. The fraction of sp³-hybridized carbons (Fsp3) is 0.843. The molecule has 0 spiro atoms. The van der Waals surface area contributed by atoms with Gasteiger partial charge in [0.2, 0.25) is 0 Å². The fourth-order valence-corrected chi connectivity index (χ4v) is 12.1. The van der Waals surface area contributed by atoms with Gasteiger partial charge in [0.25, 0.3) is 0 Å². The van der Waals surface area contributed by atoms with E-state index in [-0.39, 0.29) is 0 Å². The lowest BCUT2D eigenvalue weighted by molar-refractivity contribution is 0.143. The average Bonchev–Trinajstić information content (AvgIpc) is 3.20. The van der Waals surface area contributed by atoms with E-state index in [1.807, 2.05) is 0 Å². The van der Waals surface area contributed by atoms with Crippen LogP contribution in [0.5, 0.6) is 0 Å². The minimum Gasteiger partial charge on any atom is -0.103 e. The quantitative estimate of drug-likeness (QED) is 0.168. The van der Waals surface area contributed by atoms with Crippen molar-refractivity contribution in [3.63, 3.8) is 0 Å². The standard InChI is InChI=1S/C26H44.C25H42/c1-3-21-9-11-23(12-10-21)7-5-6-8-24-15-19-26(20-16-24)25-17-13-22(4-2)14-18-25;1-3-21-10-12-22(13-11-21)6-4-5-7-23-14-18-25(19-15-23)24-16-8-20(2)9-17-24/h3,5,7,21-26H,1,4,6,8-20H2,2H3;3-4,6,20-25H,1,5,7-19H2,2H3. The van der Waals surface area contributed by atoms with Crippen molar-refractivity contribution in [3.05, 3.63) is 49.6 Å². The van der Waals surface area contributed by atoms with Crippen molar-refractivity contribution in [1.29, 1.82) is 0 Å².